The Morgan fingerprint density at radius 1 is 0.787 bits per heavy atom. The van der Waals surface area contributed by atoms with Crippen LogP contribution in [0.3, 0.4) is 0 Å². The molecule has 89 heavy (non-hydrogen) atoms. The van der Waals surface area contributed by atoms with E-state index < -0.39 is 41.4 Å². The number of ketones is 1. The second-order valence-electron chi connectivity index (χ2n) is 23.8. The molecule has 1 unspecified atom stereocenters. The van der Waals surface area contributed by atoms with E-state index in [0.29, 0.717) is 114 Å². The van der Waals surface area contributed by atoms with Gasteiger partial charge >= 0.3 is 0 Å². The number of methoxy groups -OCH3 is 1. The highest BCUT2D eigenvalue weighted by molar-refractivity contribution is 6.03. The SMILES string of the molecule is COCC(=O)N[C@H](C(=O)N1Cc2cc(OCCOCCOCCOCCOCCOCCCCc3ccc(-n4cc(NC(=O)c5coc(-c6ccnc(NCC7CC7)c6)n5)c(C(F)F)n4)cc3)ccc2CC1C(=O)C[C@@H]1CCCc2ccccc21)C(C)(C)C. The van der Waals surface area contributed by atoms with Crippen molar-refractivity contribution in [3.05, 3.63) is 137 Å². The molecule has 4 heterocycles. The molecule has 3 amide bonds. The van der Waals surface area contributed by atoms with Crippen molar-refractivity contribution < 1.29 is 65.5 Å². The molecule has 1 saturated carbocycles. The minimum atomic E-state index is -2.93. The lowest BCUT2D eigenvalue weighted by Crippen LogP contribution is -2.59. The first kappa shape index (κ1) is 66.0. The number of aromatic nitrogens is 4. The van der Waals surface area contributed by atoms with Crippen LogP contribution >= 0.6 is 0 Å². The number of halogens is 2. The predicted molar refractivity (Wildman–Crippen MR) is 329 cm³/mol. The van der Waals surface area contributed by atoms with Gasteiger partial charge in [-0.1, -0.05) is 63.2 Å². The standard InChI is InChI=1S/C67H84F2N8O12/c1-67(2,3)62(74-60(79)44-82-4)66(81)76-41-51-36-53(22-19-48(51)37-57(76)58(78)38-49-13-9-12-47-11-5-6-14-54(47)49)88-35-34-87-33-32-86-31-30-85-29-28-84-27-26-83-25-8-7-10-45-17-20-52(21-18-45)77-42-55(61(75-77)63(68)69)72-64(80)56-43-89-65(73-56)50-23-24-70-59(39-50)71-40-46-15-16-46/h5-6,11,14,17-24,36,39,42-43,46,49,57,62-63H,7-10,12-13,15-16,25-35,37-38,40-41,44H2,1-4H3,(H,70,71)(H,72,80)(H,74,79)/t49-,57?,62+/m0/s1. The number of anilines is 2. The Balaban J connectivity index is 0.597. The van der Waals surface area contributed by atoms with E-state index in [-0.39, 0.29) is 48.0 Å². The number of aryl methyl sites for hydroxylation is 2. The van der Waals surface area contributed by atoms with E-state index in [9.17, 15) is 28.0 Å². The number of rotatable bonds is 36. The summed E-state index contributed by atoms with van der Waals surface area (Å²) in [6.45, 7) is 11.2. The molecule has 478 valence electrons. The van der Waals surface area contributed by atoms with Crippen molar-refractivity contribution in [2.45, 2.75) is 116 Å². The molecule has 6 aromatic rings. The van der Waals surface area contributed by atoms with Crippen molar-refractivity contribution in [1.29, 1.82) is 0 Å². The maximum absolute atomic E-state index is 14.6. The van der Waals surface area contributed by atoms with Crippen LogP contribution < -0.4 is 20.7 Å². The smallest absolute Gasteiger partial charge is 0.284 e. The Kier molecular flexibility index (Phi) is 24.3. The van der Waals surface area contributed by atoms with Crippen molar-refractivity contribution >= 4 is 35.0 Å². The maximum Gasteiger partial charge on any atom is 0.284 e. The lowest BCUT2D eigenvalue weighted by molar-refractivity contribution is -0.147. The molecule has 3 aromatic carbocycles. The van der Waals surface area contributed by atoms with Crippen LogP contribution in [0, 0.1) is 11.3 Å². The van der Waals surface area contributed by atoms with Gasteiger partial charge in [-0.05, 0) is 133 Å². The number of benzene rings is 3. The molecule has 3 N–H and O–H groups in total. The molecule has 1 fully saturated rings. The van der Waals surface area contributed by atoms with Gasteiger partial charge < -0.3 is 58.4 Å². The molecular formula is C67H84F2N8O12. The monoisotopic (exact) mass is 1230 g/mol. The number of unbranched alkanes of at least 4 members (excludes halogenated alkanes) is 1. The van der Waals surface area contributed by atoms with Crippen LogP contribution in [-0.2, 0) is 68.6 Å². The van der Waals surface area contributed by atoms with Crippen LogP contribution in [0.15, 0.2) is 102 Å². The van der Waals surface area contributed by atoms with Crippen molar-refractivity contribution in [2.75, 3.05) is 104 Å². The quantitative estimate of drug-likeness (QED) is 0.0311. The molecule has 3 atom stereocenters. The second kappa shape index (κ2) is 32.8. The number of pyridine rings is 1. The van der Waals surface area contributed by atoms with Gasteiger partial charge in [0.1, 0.15) is 37.1 Å². The Bertz CT molecular complexity index is 3260. The molecular weight excluding hydrogens is 1150 g/mol. The van der Waals surface area contributed by atoms with Gasteiger partial charge in [-0.3, -0.25) is 19.2 Å². The fourth-order valence-corrected chi connectivity index (χ4v) is 11.0. The Hall–Kier alpha value is -7.47. The van der Waals surface area contributed by atoms with Gasteiger partial charge in [-0.15, -0.1) is 0 Å². The van der Waals surface area contributed by atoms with Gasteiger partial charge in [0.2, 0.25) is 17.7 Å². The van der Waals surface area contributed by atoms with E-state index in [2.05, 4.69) is 43.1 Å². The summed E-state index contributed by atoms with van der Waals surface area (Å²) in [6, 6.07) is 23.5. The van der Waals surface area contributed by atoms with E-state index in [0.717, 1.165) is 61.8 Å². The molecule has 2 aliphatic carbocycles. The van der Waals surface area contributed by atoms with Crippen molar-refractivity contribution in [1.82, 2.24) is 30.0 Å². The number of hydrogen-bond donors (Lipinski definition) is 3. The van der Waals surface area contributed by atoms with E-state index in [4.69, 9.17) is 37.6 Å². The number of nitrogens with one attached hydrogen (secondary N) is 3. The normalized spacial score (nSPS) is 16.0. The Morgan fingerprint density at radius 2 is 1.49 bits per heavy atom. The summed E-state index contributed by atoms with van der Waals surface area (Å²) in [6.07, 6.45) is 9.82. The zero-order valence-electron chi connectivity index (χ0n) is 51.5. The summed E-state index contributed by atoms with van der Waals surface area (Å²) in [4.78, 5) is 65.2. The summed E-state index contributed by atoms with van der Waals surface area (Å²) in [5.41, 5.74) is 5.23. The summed E-state index contributed by atoms with van der Waals surface area (Å²) >= 11 is 0. The zero-order chi connectivity index (χ0) is 62.5. The van der Waals surface area contributed by atoms with E-state index in [1.54, 1.807) is 35.4 Å². The average molecular weight is 1230 g/mol. The van der Waals surface area contributed by atoms with Crippen LogP contribution in [0.2, 0.25) is 0 Å². The molecule has 0 radical (unpaired) electrons. The predicted octanol–water partition coefficient (Wildman–Crippen LogP) is 9.93. The maximum atomic E-state index is 14.6. The second-order valence-corrected chi connectivity index (χ2v) is 23.8. The number of ether oxygens (including phenoxy) is 7. The summed E-state index contributed by atoms with van der Waals surface area (Å²) < 4.78 is 74.7. The topological polar surface area (TPSA) is 229 Å². The number of amides is 3. The van der Waals surface area contributed by atoms with Crippen LogP contribution in [-0.4, -0.2) is 153 Å². The fraction of sp³-hybridized carbons (Fsp3) is 0.507. The number of oxazole rings is 1. The molecule has 3 aromatic heterocycles. The van der Waals surface area contributed by atoms with E-state index in [1.807, 2.05) is 63.2 Å². The summed E-state index contributed by atoms with van der Waals surface area (Å²) in [5.74, 6) is 0.863. The largest absolute Gasteiger partial charge is 0.491 e. The number of Topliss-reactive ketones (excluding diaryl/α,β-unsaturated/α-hetero) is 1. The average Bonchev–Trinajstić information content (AvgIpc) is 2.75. The van der Waals surface area contributed by atoms with Crippen molar-refractivity contribution in [2.24, 2.45) is 11.3 Å². The number of nitrogens with zero attached hydrogens (tertiary/aromatic N) is 5. The zero-order valence-corrected chi connectivity index (χ0v) is 51.5. The third-order valence-corrected chi connectivity index (χ3v) is 16.0. The molecule has 3 aliphatic rings. The summed E-state index contributed by atoms with van der Waals surface area (Å²) in [7, 11) is 1.43. The number of fused-ring (bicyclic) bond motifs is 2. The molecule has 20 nitrogen and oxygen atoms in total. The molecule has 0 spiro atoms. The Labute approximate surface area is 519 Å². The lowest BCUT2D eigenvalue weighted by Gasteiger charge is -2.41. The van der Waals surface area contributed by atoms with Gasteiger partial charge in [0, 0.05) is 51.4 Å². The van der Waals surface area contributed by atoms with Gasteiger partial charge in [-0.25, -0.2) is 23.4 Å². The molecule has 0 bridgehead atoms. The van der Waals surface area contributed by atoms with E-state index in [1.165, 1.54) is 48.2 Å². The number of alkyl halides is 2. The fourth-order valence-electron chi connectivity index (χ4n) is 11.0. The van der Waals surface area contributed by atoms with Crippen LogP contribution in [0.25, 0.3) is 17.1 Å². The van der Waals surface area contributed by atoms with Crippen LogP contribution in [0.4, 0.5) is 20.3 Å². The van der Waals surface area contributed by atoms with Gasteiger partial charge in [0.05, 0.1) is 83.1 Å². The van der Waals surface area contributed by atoms with Crippen molar-refractivity contribution in [3.63, 3.8) is 0 Å². The third kappa shape index (κ3) is 19.5. The first-order valence-electron chi connectivity index (χ1n) is 31.0. The number of carbonyl (C=O) groups is 4. The highest BCUT2D eigenvalue weighted by Gasteiger charge is 2.43. The highest BCUT2D eigenvalue weighted by atomic mass is 19.3. The van der Waals surface area contributed by atoms with E-state index >= 15 is 0 Å². The van der Waals surface area contributed by atoms with Gasteiger partial charge in [0.25, 0.3) is 12.3 Å². The van der Waals surface area contributed by atoms with Crippen LogP contribution in [0.5, 0.6) is 5.75 Å². The van der Waals surface area contributed by atoms with Crippen LogP contribution in [0.1, 0.15) is 122 Å². The van der Waals surface area contributed by atoms with Gasteiger partial charge in [0.15, 0.2) is 17.2 Å². The first-order chi connectivity index (χ1) is 43.2. The number of hydrogen-bond acceptors (Lipinski definition) is 16. The summed E-state index contributed by atoms with van der Waals surface area (Å²) in [5, 5.41) is 12.8. The molecule has 0 saturated heterocycles. The first-order valence-corrected chi connectivity index (χ1v) is 31.0. The Morgan fingerprint density at radius 3 is 2.19 bits per heavy atom. The number of carbonyl (C=O) groups excluding carboxylic acids is 4. The highest BCUT2D eigenvalue weighted by Crippen LogP contribution is 2.38. The minimum Gasteiger partial charge on any atom is -0.491 e. The molecule has 9 rings (SSSR count). The minimum absolute atomic E-state index is 0.0211. The molecule has 22 heteroatoms. The molecule has 1 aliphatic heterocycles. The van der Waals surface area contributed by atoms with Gasteiger partial charge in [-0.2, -0.15) is 5.10 Å². The lowest BCUT2D eigenvalue weighted by atomic mass is 9.78. The van der Waals surface area contributed by atoms with Crippen molar-refractivity contribution in [3.8, 4) is 22.9 Å². The third-order valence-electron chi connectivity index (χ3n) is 16.0.